The Hall–Kier alpha value is -4.71. The summed E-state index contributed by atoms with van der Waals surface area (Å²) < 4.78 is 5.38. The SMILES string of the molecule is O=C(c1ccco1)N1N=C(c2c(-c3ccccc3)c3ccccc3[nH]c2=O)C[C@H]1c1ccccc1. The van der Waals surface area contributed by atoms with Crippen LogP contribution in [0.4, 0.5) is 0 Å². The highest BCUT2D eigenvalue weighted by Crippen LogP contribution is 2.37. The minimum absolute atomic E-state index is 0.201. The molecule has 5 aromatic rings. The lowest BCUT2D eigenvalue weighted by atomic mass is 9.91. The van der Waals surface area contributed by atoms with Crippen molar-refractivity contribution in [2.45, 2.75) is 12.5 Å². The zero-order chi connectivity index (χ0) is 23.8. The zero-order valence-corrected chi connectivity index (χ0v) is 18.7. The van der Waals surface area contributed by atoms with E-state index in [2.05, 4.69) is 4.98 Å². The highest BCUT2D eigenvalue weighted by atomic mass is 16.3. The Balaban J connectivity index is 1.57. The number of carbonyl (C=O) groups is 1. The first kappa shape index (κ1) is 20.9. The van der Waals surface area contributed by atoms with E-state index in [1.54, 1.807) is 12.1 Å². The lowest BCUT2D eigenvalue weighted by Crippen LogP contribution is -2.26. The summed E-state index contributed by atoms with van der Waals surface area (Å²) in [6.45, 7) is 0. The third-order valence-corrected chi connectivity index (χ3v) is 6.31. The minimum atomic E-state index is -0.363. The molecule has 1 aliphatic rings. The molecule has 0 saturated heterocycles. The normalized spacial score (nSPS) is 15.4. The van der Waals surface area contributed by atoms with Crippen LogP contribution in [0.15, 0.2) is 118 Å². The van der Waals surface area contributed by atoms with E-state index in [1.807, 2.05) is 84.9 Å². The largest absolute Gasteiger partial charge is 0.459 e. The summed E-state index contributed by atoms with van der Waals surface area (Å²) >= 11 is 0. The average Bonchev–Trinajstić information content (AvgIpc) is 3.59. The fraction of sp³-hybridized carbons (Fsp3) is 0.0690. The Morgan fingerprint density at radius 1 is 0.857 bits per heavy atom. The molecule has 1 amide bonds. The fourth-order valence-corrected chi connectivity index (χ4v) is 4.72. The summed E-state index contributed by atoms with van der Waals surface area (Å²) in [4.78, 5) is 29.9. The van der Waals surface area contributed by atoms with Crippen molar-refractivity contribution in [3.8, 4) is 11.1 Å². The maximum Gasteiger partial charge on any atom is 0.310 e. The van der Waals surface area contributed by atoms with Crippen molar-refractivity contribution in [3.05, 3.63) is 131 Å². The zero-order valence-electron chi connectivity index (χ0n) is 18.7. The van der Waals surface area contributed by atoms with E-state index in [1.165, 1.54) is 11.3 Å². The number of nitrogens with one attached hydrogen (secondary N) is 1. The van der Waals surface area contributed by atoms with Gasteiger partial charge >= 0.3 is 5.91 Å². The van der Waals surface area contributed by atoms with Crippen molar-refractivity contribution in [3.63, 3.8) is 0 Å². The molecule has 0 bridgehead atoms. The number of hydrogen-bond donors (Lipinski definition) is 1. The molecular formula is C29H21N3O3. The first-order valence-corrected chi connectivity index (χ1v) is 11.4. The second kappa shape index (κ2) is 8.57. The number of H-pyrrole nitrogens is 1. The van der Waals surface area contributed by atoms with E-state index in [0.717, 1.165) is 27.6 Å². The molecule has 1 N–H and O–H groups in total. The fourth-order valence-electron chi connectivity index (χ4n) is 4.72. The molecule has 6 rings (SSSR count). The van der Waals surface area contributed by atoms with Gasteiger partial charge in [-0.25, -0.2) is 5.01 Å². The number of aromatic nitrogens is 1. The number of hydrogen-bond acceptors (Lipinski definition) is 4. The summed E-state index contributed by atoms with van der Waals surface area (Å²) in [7, 11) is 0. The number of para-hydroxylation sites is 1. The van der Waals surface area contributed by atoms with E-state index in [-0.39, 0.29) is 23.3 Å². The van der Waals surface area contributed by atoms with Crippen molar-refractivity contribution < 1.29 is 9.21 Å². The molecular weight excluding hydrogens is 438 g/mol. The Morgan fingerprint density at radius 2 is 1.57 bits per heavy atom. The standard InChI is InChI=1S/C29H21N3O3/c33-28-27(26(20-12-5-2-6-13-20)21-14-7-8-15-22(21)30-28)23-18-24(19-10-3-1-4-11-19)32(31-23)29(34)25-16-9-17-35-25/h1-17,24H,18H2,(H,30,33)/t24-/m0/s1. The second-order valence-corrected chi connectivity index (χ2v) is 8.42. The molecule has 170 valence electrons. The van der Waals surface area contributed by atoms with Crippen LogP contribution in [0.2, 0.25) is 0 Å². The van der Waals surface area contributed by atoms with Gasteiger partial charge in [0.2, 0.25) is 0 Å². The molecule has 6 heteroatoms. The molecule has 0 spiro atoms. The molecule has 6 nitrogen and oxygen atoms in total. The van der Waals surface area contributed by atoms with Gasteiger partial charge < -0.3 is 9.40 Å². The number of fused-ring (bicyclic) bond motifs is 1. The van der Waals surface area contributed by atoms with Gasteiger partial charge in [-0.15, -0.1) is 0 Å². The third-order valence-electron chi connectivity index (χ3n) is 6.31. The first-order valence-electron chi connectivity index (χ1n) is 11.4. The number of carbonyl (C=O) groups excluding carboxylic acids is 1. The van der Waals surface area contributed by atoms with E-state index in [4.69, 9.17) is 9.52 Å². The number of pyridine rings is 1. The summed E-state index contributed by atoms with van der Waals surface area (Å²) in [6, 6.07) is 30.2. The lowest BCUT2D eigenvalue weighted by Gasteiger charge is -2.21. The van der Waals surface area contributed by atoms with Crippen molar-refractivity contribution in [2.24, 2.45) is 5.10 Å². The number of benzene rings is 3. The number of aromatic amines is 1. The van der Waals surface area contributed by atoms with Crippen LogP contribution in [0.5, 0.6) is 0 Å². The van der Waals surface area contributed by atoms with Crippen LogP contribution >= 0.6 is 0 Å². The number of nitrogens with zero attached hydrogens (tertiary/aromatic N) is 2. The average molecular weight is 460 g/mol. The summed E-state index contributed by atoms with van der Waals surface area (Å²) in [5.41, 5.74) is 4.21. The van der Waals surface area contributed by atoms with Crippen LogP contribution in [0.3, 0.4) is 0 Å². The summed E-state index contributed by atoms with van der Waals surface area (Å²) in [5, 5.41) is 7.10. The van der Waals surface area contributed by atoms with Crippen LogP contribution in [-0.4, -0.2) is 21.6 Å². The van der Waals surface area contributed by atoms with Gasteiger partial charge in [-0.05, 0) is 29.3 Å². The number of furan rings is 1. The Labute approximate surface area is 201 Å². The van der Waals surface area contributed by atoms with Crippen LogP contribution < -0.4 is 5.56 Å². The molecule has 35 heavy (non-hydrogen) atoms. The highest BCUT2D eigenvalue weighted by Gasteiger charge is 2.36. The van der Waals surface area contributed by atoms with Crippen molar-refractivity contribution in [1.82, 2.24) is 9.99 Å². The quantitative estimate of drug-likeness (QED) is 0.370. The second-order valence-electron chi connectivity index (χ2n) is 8.42. The Morgan fingerprint density at radius 3 is 2.31 bits per heavy atom. The van der Waals surface area contributed by atoms with E-state index in [0.29, 0.717) is 17.7 Å². The van der Waals surface area contributed by atoms with Gasteiger partial charge in [0.05, 0.1) is 23.6 Å². The minimum Gasteiger partial charge on any atom is -0.459 e. The van der Waals surface area contributed by atoms with Gasteiger partial charge in [0.15, 0.2) is 5.76 Å². The summed E-state index contributed by atoms with van der Waals surface area (Å²) in [6.07, 6.45) is 1.87. The van der Waals surface area contributed by atoms with E-state index in [9.17, 15) is 9.59 Å². The van der Waals surface area contributed by atoms with Crippen molar-refractivity contribution >= 4 is 22.5 Å². The number of rotatable bonds is 4. The first-order chi connectivity index (χ1) is 17.2. The molecule has 3 heterocycles. The van der Waals surface area contributed by atoms with Gasteiger partial charge in [0.1, 0.15) is 0 Å². The van der Waals surface area contributed by atoms with Gasteiger partial charge in [0, 0.05) is 22.9 Å². The van der Waals surface area contributed by atoms with Gasteiger partial charge in [0.25, 0.3) is 5.56 Å². The Bertz CT molecular complexity index is 1600. The Kier molecular flexibility index (Phi) is 5.11. The summed E-state index contributed by atoms with van der Waals surface area (Å²) in [5.74, 6) is -0.149. The molecule has 1 atom stereocenters. The highest BCUT2D eigenvalue weighted by molar-refractivity contribution is 6.13. The van der Waals surface area contributed by atoms with Crippen LogP contribution in [-0.2, 0) is 0 Å². The molecule has 0 unspecified atom stereocenters. The molecule has 0 aliphatic carbocycles. The van der Waals surface area contributed by atoms with Gasteiger partial charge in [-0.1, -0.05) is 78.9 Å². The molecule has 0 fully saturated rings. The smallest absolute Gasteiger partial charge is 0.310 e. The van der Waals surface area contributed by atoms with E-state index >= 15 is 0 Å². The molecule has 2 aromatic heterocycles. The predicted octanol–water partition coefficient (Wildman–Crippen LogP) is 5.78. The van der Waals surface area contributed by atoms with Crippen LogP contribution in [0, 0.1) is 0 Å². The lowest BCUT2D eigenvalue weighted by molar-refractivity contribution is 0.0678. The maximum atomic E-state index is 13.5. The number of hydrazone groups is 1. The van der Waals surface area contributed by atoms with Crippen molar-refractivity contribution in [1.29, 1.82) is 0 Å². The monoisotopic (exact) mass is 459 g/mol. The van der Waals surface area contributed by atoms with Crippen molar-refractivity contribution in [2.75, 3.05) is 0 Å². The van der Waals surface area contributed by atoms with Gasteiger partial charge in [-0.3, -0.25) is 9.59 Å². The predicted molar refractivity (Wildman–Crippen MR) is 135 cm³/mol. The van der Waals surface area contributed by atoms with Gasteiger partial charge in [-0.2, -0.15) is 5.10 Å². The topological polar surface area (TPSA) is 78.7 Å². The third kappa shape index (κ3) is 3.65. The molecule has 1 aliphatic heterocycles. The van der Waals surface area contributed by atoms with Crippen LogP contribution in [0.25, 0.3) is 22.0 Å². The molecule has 3 aromatic carbocycles. The number of amides is 1. The van der Waals surface area contributed by atoms with Crippen LogP contribution in [0.1, 0.15) is 34.1 Å². The van der Waals surface area contributed by atoms with E-state index < -0.39 is 0 Å². The molecule has 0 saturated carbocycles. The molecule has 0 radical (unpaired) electrons. The maximum absolute atomic E-state index is 13.5.